The Balaban J connectivity index is 1.70. The Morgan fingerprint density at radius 2 is 2.17 bits per heavy atom. The fourth-order valence-electron chi connectivity index (χ4n) is 2.40. The fourth-order valence-corrected chi connectivity index (χ4v) is 3.49. The van der Waals surface area contributed by atoms with Gasteiger partial charge in [-0.1, -0.05) is 12.1 Å². The van der Waals surface area contributed by atoms with Crippen molar-refractivity contribution < 1.29 is 5.11 Å². The van der Waals surface area contributed by atoms with Crippen LogP contribution in [-0.2, 0) is 6.42 Å². The number of hydrogen-bond acceptors (Lipinski definition) is 3. The lowest BCUT2D eigenvalue weighted by molar-refractivity contribution is 0.426. The van der Waals surface area contributed by atoms with E-state index in [9.17, 15) is 5.11 Å². The predicted molar refractivity (Wildman–Crippen MR) is 79.4 cm³/mol. The lowest BCUT2D eigenvalue weighted by Gasteiger charge is -2.26. The summed E-state index contributed by atoms with van der Waals surface area (Å²) in [5.41, 5.74) is 1.31. The summed E-state index contributed by atoms with van der Waals surface area (Å²) in [6, 6.07) is 8.84. The molecule has 0 bridgehead atoms. The van der Waals surface area contributed by atoms with Gasteiger partial charge in [-0.3, -0.25) is 0 Å². The van der Waals surface area contributed by atoms with Gasteiger partial charge in [0, 0.05) is 17.8 Å². The van der Waals surface area contributed by atoms with Crippen LogP contribution >= 0.6 is 11.8 Å². The van der Waals surface area contributed by atoms with Gasteiger partial charge in [-0.05, 0) is 56.1 Å². The maximum absolute atomic E-state index is 9.24. The summed E-state index contributed by atoms with van der Waals surface area (Å²) in [5, 5.41) is 13.0. The van der Waals surface area contributed by atoms with Crippen LogP contribution in [0.4, 0.5) is 0 Å². The summed E-state index contributed by atoms with van der Waals surface area (Å²) in [6.45, 7) is 2.28. The molecular weight excluding hydrogens is 242 g/mol. The van der Waals surface area contributed by atoms with Crippen molar-refractivity contribution >= 4 is 11.8 Å². The van der Waals surface area contributed by atoms with Gasteiger partial charge in [0.1, 0.15) is 5.75 Å². The minimum absolute atomic E-state index is 0.351. The molecule has 2 N–H and O–H groups in total. The molecule has 1 aliphatic heterocycles. The van der Waals surface area contributed by atoms with Crippen molar-refractivity contribution in [3.63, 3.8) is 0 Å². The van der Waals surface area contributed by atoms with Gasteiger partial charge < -0.3 is 10.4 Å². The summed E-state index contributed by atoms with van der Waals surface area (Å²) in [6.07, 6.45) is 4.92. The van der Waals surface area contributed by atoms with Crippen molar-refractivity contribution in [2.24, 2.45) is 0 Å². The first-order chi connectivity index (χ1) is 8.74. The SMILES string of the molecule is CC(CCc1ccc(O)cc1)NC1CCCSC1. The van der Waals surface area contributed by atoms with Crippen molar-refractivity contribution in [1.82, 2.24) is 5.32 Å². The molecule has 2 atom stereocenters. The van der Waals surface area contributed by atoms with Gasteiger partial charge in [0.2, 0.25) is 0 Å². The van der Waals surface area contributed by atoms with Gasteiger partial charge in [-0.15, -0.1) is 0 Å². The smallest absolute Gasteiger partial charge is 0.115 e. The molecule has 1 fully saturated rings. The first-order valence-corrected chi connectivity index (χ1v) is 8.01. The van der Waals surface area contributed by atoms with Crippen LogP contribution in [0.2, 0.25) is 0 Å². The molecule has 2 rings (SSSR count). The van der Waals surface area contributed by atoms with Gasteiger partial charge in [0.15, 0.2) is 0 Å². The van der Waals surface area contributed by atoms with Gasteiger partial charge in [0.05, 0.1) is 0 Å². The van der Waals surface area contributed by atoms with Crippen molar-refractivity contribution in [3.8, 4) is 5.75 Å². The quantitative estimate of drug-likeness (QED) is 0.857. The molecule has 1 heterocycles. The number of phenolic OH excluding ortho intramolecular Hbond substituents is 1. The lowest BCUT2D eigenvalue weighted by Crippen LogP contribution is -2.40. The number of nitrogens with one attached hydrogen (secondary N) is 1. The van der Waals surface area contributed by atoms with Crippen molar-refractivity contribution in [2.45, 2.75) is 44.7 Å². The molecule has 0 radical (unpaired) electrons. The van der Waals surface area contributed by atoms with Crippen molar-refractivity contribution in [2.75, 3.05) is 11.5 Å². The van der Waals surface area contributed by atoms with Crippen LogP contribution in [0.5, 0.6) is 5.75 Å². The molecule has 1 saturated heterocycles. The molecular formula is C15H23NOS. The Kier molecular flexibility index (Phi) is 5.39. The van der Waals surface area contributed by atoms with E-state index in [0.29, 0.717) is 17.8 Å². The molecule has 1 aromatic rings. The number of phenols is 1. The van der Waals surface area contributed by atoms with Gasteiger partial charge >= 0.3 is 0 Å². The number of thioether (sulfide) groups is 1. The Labute approximate surface area is 114 Å². The summed E-state index contributed by atoms with van der Waals surface area (Å²) in [7, 11) is 0. The first kappa shape index (κ1) is 13.8. The molecule has 0 amide bonds. The molecule has 18 heavy (non-hydrogen) atoms. The van der Waals surface area contributed by atoms with E-state index in [2.05, 4.69) is 24.0 Å². The number of benzene rings is 1. The third-order valence-electron chi connectivity index (χ3n) is 3.48. The predicted octanol–water partition coefficient (Wildman–Crippen LogP) is 3.20. The Hall–Kier alpha value is -0.670. The van der Waals surface area contributed by atoms with Gasteiger partial charge in [-0.25, -0.2) is 0 Å². The normalized spacial score (nSPS) is 21.7. The highest BCUT2D eigenvalue weighted by Gasteiger charge is 2.15. The standard InChI is InChI=1S/C15H23NOS/c1-12(16-14-3-2-10-18-11-14)4-5-13-6-8-15(17)9-7-13/h6-9,12,14,16-17H,2-5,10-11H2,1H3. The highest BCUT2D eigenvalue weighted by molar-refractivity contribution is 7.99. The zero-order valence-electron chi connectivity index (χ0n) is 11.1. The summed E-state index contributed by atoms with van der Waals surface area (Å²) >= 11 is 2.07. The third kappa shape index (κ3) is 4.54. The van der Waals surface area contributed by atoms with Crippen LogP contribution in [0.1, 0.15) is 31.7 Å². The molecule has 2 unspecified atom stereocenters. The number of aromatic hydroxyl groups is 1. The van der Waals surface area contributed by atoms with E-state index >= 15 is 0 Å². The number of aryl methyl sites for hydroxylation is 1. The molecule has 100 valence electrons. The molecule has 0 aromatic heterocycles. The van der Waals surface area contributed by atoms with Crippen molar-refractivity contribution in [1.29, 1.82) is 0 Å². The van der Waals surface area contributed by atoms with Crippen LogP contribution in [0, 0.1) is 0 Å². The summed E-state index contributed by atoms with van der Waals surface area (Å²) in [4.78, 5) is 0. The Morgan fingerprint density at radius 1 is 1.39 bits per heavy atom. The van der Waals surface area contributed by atoms with Crippen LogP contribution in [0.15, 0.2) is 24.3 Å². The number of hydrogen-bond donors (Lipinski definition) is 2. The van der Waals surface area contributed by atoms with Crippen LogP contribution < -0.4 is 5.32 Å². The minimum Gasteiger partial charge on any atom is -0.508 e. The monoisotopic (exact) mass is 265 g/mol. The second-order valence-electron chi connectivity index (χ2n) is 5.19. The average Bonchev–Trinajstić information content (AvgIpc) is 2.39. The van der Waals surface area contributed by atoms with Gasteiger partial charge in [0.25, 0.3) is 0 Å². The molecule has 1 aromatic carbocycles. The molecule has 0 saturated carbocycles. The molecule has 3 heteroatoms. The largest absolute Gasteiger partial charge is 0.508 e. The topological polar surface area (TPSA) is 32.3 Å². The highest BCUT2D eigenvalue weighted by atomic mass is 32.2. The zero-order valence-corrected chi connectivity index (χ0v) is 11.9. The third-order valence-corrected chi connectivity index (χ3v) is 4.70. The van der Waals surface area contributed by atoms with Crippen LogP contribution in [0.25, 0.3) is 0 Å². The van der Waals surface area contributed by atoms with E-state index in [4.69, 9.17) is 0 Å². The summed E-state index contributed by atoms with van der Waals surface area (Å²) < 4.78 is 0. The highest BCUT2D eigenvalue weighted by Crippen LogP contribution is 2.18. The average molecular weight is 265 g/mol. The Bertz CT molecular complexity index is 346. The maximum Gasteiger partial charge on any atom is 0.115 e. The lowest BCUT2D eigenvalue weighted by atomic mass is 10.0. The van der Waals surface area contributed by atoms with E-state index in [1.807, 2.05) is 12.1 Å². The van der Waals surface area contributed by atoms with Crippen molar-refractivity contribution in [3.05, 3.63) is 29.8 Å². The molecule has 0 spiro atoms. The van der Waals surface area contributed by atoms with E-state index in [0.717, 1.165) is 12.8 Å². The second kappa shape index (κ2) is 7.05. The molecule has 0 aliphatic carbocycles. The second-order valence-corrected chi connectivity index (χ2v) is 6.34. The summed E-state index contributed by atoms with van der Waals surface area (Å²) in [5.74, 6) is 2.95. The Morgan fingerprint density at radius 3 is 2.83 bits per heavy atom. The number of rotatable bonds is 5. The van der Waals surface area contributed by atoms with E-state index in [1.165, 1.54) is 29.9 Å². The van der Waals surface area contributed by atoms with Crippen LogP contribution in [0.3, 0.4) is 0 Å². The van der Waals surface area contributed by atoms with E-state index in [1.54, 1.807) is 12.1 Å². The zero-order chi connectivity index (χ0) is 12.8. The molecule has 2 nitrogen and oxygen atoms in total. The first-order valence-electron chi connectivity index (χ1n) is 6.86. The minimum atomic E-state index is 0.351. The van der Waals surface area contributed by atoms with E-state index < -0.39 is 0 Å². The van der Waals surface area contributed by atoms with Crippen LogP contribution in [-0.4, -0.2) is 28.7 Å². The van der Waals surface area contributed by atoms with Gasteiger partial charge in [-0.2, -0.15) is 11.8 Å². The molecule has 1 aliphatic rings. The van der Waals surface area contributed by atoms with E-state index in [-0.39, 0.29) is 0 Å². The maximum atomic E-state index is 9.24. The fraction of sp³-hybridized carbons (Fsp3) is 0.600.